The zero-order valence-corrected chi connectivity index (χ0v) is 15.9. The maximum absolute atomic E-state index is 11.1. The molecule has 1 unspecified atom stereocenters. The topological polar surface area (TPSA) is 74.8 Å². The highest BCUT2D eigenvalue weighted by Gasteiger charge is 2.15. The Hall–Kier alpha value is -1.35. The highest BCUT2D eigenvalue weighted by molar-refractivity contribution is 14.0. The first-order valence-electron chi connectivity index (χ1n) is 7.60. The van der Waals surface area contributed by atoms with Gasteiger partial charge in [0.05, 0.1) is 6.10 Å². The maximum Gasteiger partial charge on any atom is 0.221 e. The van der Waals surface area contributed by atoms with Crippen LogP contribution in [0.5, 0.6) is 0 Å². The van der Waals surface area contributed by atoms with Gasteiger partial charge in [0.25, 0.3) is 0 Å². The molecule has 6 nitrogen and oxygen atoms in total. The number of amides is 1. The first-order valence-corrected chi connectivity index (χ1v) is 7.60. The number of carbonyl (C=O) groups is 1. The van der Waals surface area contributed by atoms with Gasteiger partial charge in [0.2, 0.25) is 5.91 Å². The summed E-state index contributed by atoms with van der Waals surface area (Å²) in [5.74, 6) is 0.680. The molecular weight excluding hydrogens is 407 g/mol. The van der Waals surface area contributed by atoms with Crippen molar-refractivity contribution in [3.05, 3.63) is 29.8 Å². The fraction of sp³-hybridized carbons (Fsp3) is 0.500. The number of hydrogen-bond acceptors (Lipinski definition) is 3. The SMILES string of the molecule is CN=C(NCc1cccc(NC(C)=O)c1)NCC1CCCO1.I. The minimum absolute atomic E-state index is 0. The average molecular weight is 432 g/mol. The molecule has 0 aromatic heterocycles. The lowest BCUT2D eigenvalue weighted by Crippen LogP contribution is -2.40. The van der Waals surface area contributed by atoms with E-state index >= 15 is 0 Å². The molecule has 3 N–H and O–H groups in total. The van der Waals surface area contributed by atoms with Crippen molar-refractivity contribution < 1.29 is 9.53 Å². The molecule has 1 saturated heterocycles. The van der Waals surface area contributed by atoms with E-state index in [1.54, 1.807) is 7.05 Å². The Morgan fingerprint density at radius 1 is 1.39 bits per heavy atom. The smallest absolute Gasteiger partial charge is 0.221 e. The van der Waals surface area contributed by atoms with Crippen LogP contribution in [0.3, 0.4) is 0 Å². The van der Waals surface area contributed by atoms with E-state index in [4.69, 9.17) is 4.74 Å². The number of aliphatic imine (C=N–C) groups is 1. The van der Waals surface area contributed by atoms with Gasteiger partial charge in [0.1, 0.15) is 0 Å². The van der Waals surface area contributed by atoms with Crippen molar-refractivity contribution in [2.45, 2.75) is 32.4 Å². The van der Waals surface area contributed by atoms with Crippen LogP contribution in [-0.2, 0) is 16.1 Å². The third-order valence-electron chi connectivity index (χ3n) is 3.45. The second-order valence-corrected chi connectivity index (χ2v) is 5.32. The molecule has 0 bridgehead atoms. The minimum Gasteiger partial charge on any atom is -0.376 e. The second kappa shape index (κ2) is 10.4. The summed E-state index contributed by atoms with van der Waals surface area (Å²) in [5.41, 5.74) is 1.88. The molecular formula is C16H25IN4O2. The van der Waals surface area contributed by atoms with Gasteiger partial charge >= 0.3 is 0 Å². The molecule has 1 aromatic rings. The van der Waals surface area contributed by atoms with E-state index in [0.29, 0.717) is 6.54 Å². The van der Waals surface area contributed by atoms with Crippen molar-refractivity contribution in [3.63, 3.8) is 0 Å². The van der Waals surface area contributed by atoms with E-state index in [9.17, 15) is 4.79 Å². The fourth-order valence-electron chi connectivity index (χ4n) is 2.38. The van der Waals surface area contributed by atoms with E-state index in [-0.39, 0.29) is 36.0 Å². The van der Waals surface area contributed by atoms with Gasteiger partial charge in [-0.15, -0.1) is 24.0 Å². The lowest BCUT2D eigenvalue weighted by Gasteiger charge is -2.15. The van der Waals surface area contributed by atoms with Crippen molar-refractivity contribution >= 4 is 41.5 Å². The Morgan fingerprint density at radius 2 is 2.22 bits per heavy atom. The summed E-state index contributed by atoms with van der Waals surface area (Å²) in [5, 5.41) is 9.31. The number of rotatable bonds is 5. The number of ether oxygens (including phenoxy) is 1. The summed E-state index contributed by atoms with van der Waals surface area (Å²) in [6, 6.07) is 7.74. The zero-order chi connectivity index (χ0) is 15.8. The molecule has 1 aliphatic rings. The summed E-state index contributed by atoms with van der Waals surface area (Å²) < 4.78 is 5.58. The quantitative estimate of drug-likeness (QED) is 0.379. The standard InChI is InChI=1S/C16H24N4O2.HI/c1-12(21)20-14-6-3-5-13(9-14)10-18-16(17-2)19-11-15-7-4-8-22-15;/h3,5-6,9,15H,4,7-8,10-11H2,1-2H3,(H,20,21)(H2,17,18,19);1H. The Kier molecular flexibility index (Phi) is 8.93. The number of halogens is 1. The molecule has 1 heterocycles. The highest BCUT2D eigenvalue weighted by Crippen LogP contribution is 2.11. The molecule has 1 aromatic carbocycles. The normalized spacial score (nSPS) is 17.3. The monoisotopic (exact) mass is 432 g/mol. The van der Waals surface area contributed by atoms with Gasteiger partial charge in [-0.1, -0.05) is 12.1 Å². The summed E-state index contributed by atoms with van der Waals surface area (Å²) in [6.07, 6.45) is 2.51. The van der Waals surface area contributed by atoms with Crippen molar-refractivity contribution in [2.24, 2.45) is 4.99 Å². The van der Waals surface area contributed by atoms with Crippen LogP contribution in [0.25, 0.3) is 0 Å². The second-order valence-electron chi connectivity index (χ2n) is 5.32. The Morgan fingerprint density at radius 3 is 2.87 bits per heavy atom. The molecule has 1 amide bonds. The summed E-state index contributed by atoms with van der Waals surface area (Å²) in [4.78, 5) is 15.3. The van der Waals surface area contributed by atoms with E-state index in [1.165, 1.54) is 6.92 Å². The number of guanidine groups is 1. The van der Waals surface area contributed by atoms with Gasteiger partial charge in [-0.05, 0) is 30.5 Å². The van der Waals surface area contributed by atoms with Crippen LogP contribution in [0, 0.1) is 0 Å². The predicted octanol–water partition coefficient (Wildman–Crippen LogP) is 2.11. The number of hydrogen-bond donors (Lipinski definition) is 3. The molecule has 0 radical (unpaired) electrons. The van der Waals surface area contributed by atoms with Crippen LogP contribution in [0.15, 0.2) is 29.3 Å². The van der Waals surface area contributed by atoms with E-state index in [2.05, 4.69) is 20.9 Å². The molecule has 0 spiro atoms. The summed E-state index contributed by atoms with van der Waals surface area (Å²) >= 11 is 0. The van der Waals surface area contributed by atoms with Gasteiger partial charge in [0, 0.05) is 39.4 Å². The number of nitrogens with zero attached hydrogens (tertiary/aromatic N) is 1. The number of nitrogens with one attached hydrogen (secondary N) is 3. The number of benzene rings is 1. The predicted molar refractivity (Wildman–Crippen MR) is 103 cm³/mol. The molecule has 0 aliphatic carbocycles. The molecule has 1 fully saturated rings. The summed E-state index contributed by atoms with van der Waals surface area (Å²) in [6.45, 7) is 3.76. The Balaban J connectivity index is 0.00000264. The van der Waals surface area contributed by atoms with Crippen molar-refractivity contribution in [1.29, 1.82) is 0 Å². The van der Waals surface area contributed by atoms with E-state index < -0.39 is 0 Å². The van der Waals surface area contributed by atoms with Crippen LogP contribution < -0.4 is 16.0 Å². The van der Waals surface area contributed by atoms with Crippen molar-refractivity contribution in [3.8, 4) is 0 Å². The van der Waals surface area contributed by atoms with E-state index in [0.717, 1.165) is 43.2 Å². The molecule has 128 valence electrons. The number of carbonyl (C=O) groups excluding carboxylic acids is 1. The maximum atomic E-state index is 11.1. The first kappa shape index (κ1) is 19.7. The third kappa shape index (κ3) is 7.17. The molecule has 1 aliphatic heterocycles. The van der Waals surface area contributed by atoms with Gasteiger partial charge in [-0.3, -0.25) is 9.79 Å². The lowest BCUT2D eigenvalue weighted by molar-refractivity contribution is -0.114. The largest absolute Gasteiger partial charge is 0.376 e. The van der Waals surface area contributed by atoms with E-state index in [1.807, 2.05) is 24.3 Å². The number of anilines is 1. The average Bonchev–Trinajstić information content (AvgIpc) is 3.00. The minimum atomic E-state index is -0.0702. The van der Waals surface area contributed by atoms with Crippen LogP contribution in [0.4, 0.5) is 5.69 Å². The summed E-state index contributed by atoms with van der Waals surface area (Å²) in [7, 11) is 1.75. The molecule has 1 atom stereocenters. The molecule has 2 rings (SSSR count). The van der Waals surface area contributed by atoms with Crippen LogP contribution in [0.1, 0.15) is 25.3 Å². The van der Waals surface area contributed by atoms with Gasteiger partial charge in [0.15, 0.2) is 5.96 Å². The first-order chi connectivity index (χ1) is 10.7. The highest BCUT2D eigenvalue weighted by atomic mass is 127. The molecule has 0 saturated carbocycles. The van der Waals surface area contributed by atoms with Crippen molar-refractivity contribution in [1.82, 2.24) is 10.6 Å². The Bertz CT molecular complexity index is 531. The third-order valence-corrected chi connectivity index (χ3v) is 3.45. The van der Waals surface area contributed by atoms with Crippen LogP contribution in [0.2, 0.25) is 0 Å². The molecule has 7 heteroatoms. The van der Waals surface area contributed by atoms with Gasteiger partial charge in [-0.2, -0.15) is 0 Å². The zero-order valence-electron chi connectivity index (χ0n) is 13.6. The Labute approximate surface area is 154 Å². The lowest BCUT2D eigenvalue weighted by atomic mass is 10.2. The van der Waals surface area contributed by atoms with Crippen LogP contribution >= 0.6 is 24.0 Å². The van der Waals surface area contributed by atoms with Gasteiger partial charge in [-0.25, -0.2) is 0 Å². The van der Waals surface area contributed by atoms with Crippen molar-refractivity contribution in [2.75, 3.05) is 25.5 Å². The van der Waals surface area contributed by atoms with Gasteiger partial charge < -0.3 is 20.7 Å². The van der Waals surface area contributed by atoms with Crippen LogP contribution in [-0.4, -0.2) is 38.2 Å². The molecule has 23 heavy (non-hydrogen) atoms. The fourth-order valence-corrected chi connectivity index (χ4v) is 2.38.